The van der Waals surface area contributed by atoms with Crippen LogP contribution in [0.5, 0.6) is 0 Å². The molecule has 2 aromatic heterocycles. The van der Waals surface area contributed by atoms with E-state index in [-0.39, 0.29) is 6.04 Å². The van der Waals surface area contributed by atoms with Gasteiger partial charge in [0.25, 0.3) is 0 Å². The maximum absolute atomic E-state index is 6.00. The highest BCUT2D eigenvalue weighted by Gasteiger charge is 2.14. The van der Waals surface area contributed by atoms with E-state index in [0.29, 0.717) is 18.2 Å². The first-order valence-corrected chi connectivity index (χ1v) is 10.3. The Bertz CT molecular complexity index is 1080. The van der Waals surface area contributed by atoms with Crippen LogP contribution in [0, 0.1) is 0 Å². The molecule has 4 aromatic rings. The lowest BCUT2D eigenvalue weighted by atomic mass is 9.98. The predicted octanol–water partition coefficient (Wildman–Crippen LogP) is 3.54. The molecular weight excluding hydrogens is 376 g/mol. The number of nitrogens with one attached hydrogen (secondary N) is 1. The summed E-state index contributed by atoms with van der Waals surface area (Å²) in [6, 6.07) is 16.4. The minimum Gasteiger partial charge on any atom is -0.321 e. The highest BCUT2D eigenvalue weighted by atomic mass is 15.5. The zero-order valence-electron chi connectivity index (χ0n) is 17.3. The van der Waals surface area contributed by atoms with Crippen molar-refractivity contribution < 1.29 is 0 Å². The summed E-state index contributed by atoms with van der Waals surface area (Å²) in [6.45, 7) is 4.77. The van der Waals surface area contributed by atoms with Crippen molar-refractivity contribution in [2.45, 2.75) is 45.7 Å². The van der Waals surface area contributed by atoms with Crippen molar-refractivity contribution in [1.82, 2.24) is 35.4 Å². The summed E-state index contributed by atoms with van der Waals surface area (Å²) in [5, 5.41) is 18.9. The van der Waals surface area contributed by atoms with Gasteiger partial charge in [-0.25, -0.2) is 14.8 Å². The van der Waals surface area contributed by atoms with Gasteiger partial charge in [0.1, 0.15) is 5.82 Å². The Morgan fingerprint density at radius 2 is 1.83 bits per heavy atom. The molecule has 30 heavy (non-hydrogen) atoms. The van der Waals surface area contributed by atoms with Crippen LogP contribution in [0.1, 0.15) is 49.9 Å². The third-order valence-electron chi connectivity index (χ3n) is 5.05. The molecule has 0 aliphatic carbocycles. The van der Waals surface area contributed by atoms with E-state index in [1.807, 2.05) is 29.8 Å². The molecule has 0 aliphatic rings. The molecule has 2 heterocycles. The lowest BCUT2D eigenvalue weighted by molar-refractivity contribution is 0.608. The number of aromatic amines is 1. The third-order valence-corrected chi connectivity index (χ3v) is 5.05. The monoisotopic (exact) mass is 402 g/mol. The molecule has 1 unspecified atom stereocenters. The van der Waals surface area contributed by atoms with E-state index in [0.717, 1.165) is 47.3 Å². The summed E-state index contributed by atoms with van der Waals surface area (Å²) in [4.78, 5) is 4.65. The Balaban J connectivity index is 1.59. The molecule has 0 saturated heterocycles. The average Bonchev–Trinajstić information content (AvgIpc) is 3.43. The van der Waals surface area contributed by atoms with Crippen LogP contribution in [-0.2, 0) is 13.0 Å². The number of aromatic nitrogens is 7. The number of nitrogens with zero attached hydrogens (tertiary/aromatic N) is 6. The maximum atomic E-state index is 6.00. The smallest absolute Gasteiger partial charge is 0.180 e. The van der Waals surface area contributed by atoms with Crippen LogP contribution in [0.2, 0.25) is 0 Å². The maximum Gasteiger partial charge on any atom is 0.180 e. The fourth-order valence-corrected chi connectivity index (χ4v) is 3.41. The van der Waals surface area contributed by atoms with Gasteiger partial charge in [-0.15, -0.1) is 5.10 Å². The normalized spacial score (nSPS) is 12.2. The van der Waals surface area contributed by atoms with Crippen molar-refractivity contribution >= 4 is 0 Å². The number of nitrogens with two attached hydrogens (primary N) is 1. The second-order valence-corrected chi connectivity index (χ2v) is 7.43. The third kappa shape index (κ3) is 4.28. The molecule has 0 radical (unpaired) electrons. The molecule has 8 heteroatoms. The zero-order chi connectivity index (χ0) is 20.9. The van der Waals surface area contributed by atoms with Crippen LogP contribution < -0.4 is 5.73 Å². The van der Waals surface area contributed by atoms with Crippen LogP contribution >= 0.6 is 0 Å². The van der Waals surface area contributed by atoms with E-state index in [2.05, 4.69) is 68.0 Å². The zero-order valence-corrected chi connectivity index (χ0v) is 17.3. The molecule has 0 spiro atoms. The molecule has 0 amide bonds. The second kappa shape index (κ2) is 8.96. The van der Waals surface area contributed by atoms with E-state index in [4.69, 9.17) is 5.73 Å². The predicted molar refractivity (Wildman–Crippen MR) is 115 cm³/mol. The first-order chi connectivity index (χ1) is 14.7. The van der Waals surface area contributed by atoms with E-state index in [1.54, 1.807) is 0 Å². The SMILES string of the molecule is CCCCc1nc(C(C)N)nn1Cc1ccc(-c2ccccc2-c2nnn[nH]2)cc1. The topological polar surface area (TPSA) is 111 Å². The Hall–Kier alpha value is -3.39. The molecule has 8 nitrogen and oxygen atoms in total. The van der Waals surface area contributed by atoms with Gasteiger partial charge >= 0.3 is 0 Å². The Morgan fingerprint density at radius 1 is 1.07 bits per heavy atom. The van der Waals surface area contributed by atoms with E-state index < -0.39 is 0 Å². The fraction of sp³-hybridized carbons (Fsp3) is 0.318. The van der Waals surface area contributed by atoms with Gasteiger partial charge in [0.15, 0.2) is 11.6 Å². The number of hydrogen-bond acceptors (Lipinski definition) is 6. The van der Waals surface area contributed by atoms with Crippen molar-refractivity contribution in [3.05, 3.63) is 65.7 Å². The fourth-order valence-electron chi connectivity index (χ4n) is 3.41. The summed E-state index contributed by atoms with van der Waals surface area (Å²) in [7, 11) is 0. The van der Waals surface area contributed by atoms with E-state index >= 15 is 0 Å². The molecule has 0 saturated carbocycles. The molecule has 0 bridgehead atoms. The van der Waals surface area contributed by atoms with Crippen LogP contribution in [0.15, 0.2) is 48.5 Å². The van der Waals surface area contributed by atoms with Gasteiger partial charge in [-0.3, -0.25) is 0 Å². The minimum absolute atomic E-state index is 0.170. The standard InChI is InChI=1S/C22H26N8/c1-3-4-9-20-24-21(15(2)23)27-30(20)14-16-10-12-17(13-11-16)18-7-5-6-8-19(18)22-25-28-29-26-22/h5-8,10-13,15H,3-4,9,14,23H2,1-2H3,(H,25,26,28,29). The molecule has 0 fully saturated rings. The van der Waals surface area contributed by atoms with Gasteiger partial charge in [0.05, 0.1) is 12.6 Å². The van der Waals surface area contributed by atoms with Crippen molar-refractivity contribution in [2.75, 3.05) is 0 Å². The van der Waals surface area contributed by atoms with Crippen molar-refractivity contribution in [3.63, 3.8) is 0 Å². The summed E-state index contributed by atoms with van der Waals surface area (Å²) < 4.78 is 1.98. The number of rotatable bonds is 8. The van der Waals surface area contributed by atoms with Gasteiger partial charge in [0, 0.05) is 12.0 Å². The number of hydrogen-bond donors (Lipinski definition) is 2. The number of unbranched alkanes of at least 4 members (excludes halogenated alkanes) is 1. The van der Waals surface area contributed by atoms with Crippen LogP contribution in [0.25, 0.3) is 22.5 Å². The molecule has 2 aromatic carbocycles. The average molecular weight is 403 g/mol. The van der Waals surface area contributed by atoms with Crippen molar-refractivity contribution in [2.24, 2.45) is 5.73 Å². The molecular formula is C22H26N8. The first kappa shape index (κ1) is 19.9. The lowest BCUT2D eigenvalue weighted by Gasteiger charge is -2.09. The summed E-state index contributed by atoms with van der Waals surface area (Å²) >= 11 is 0. The van der Waals surface area contributed by atoms with Crippen molar-refractivity contribution in [3.8, 4) is 22.5 Å². The number of benzene rings is 2. The molecule has 4 rings (SSSR count). The van der Waals surface area contributed by atoms with Gasteiger partial charge < -0.3 is 5.73 Å². The summed E-state index contributed by atoms with van der Waals surface area (Å²) in [5.74, 6) is 2.35. The number of aryl methyl sites for hydroxylation is 1. The Labute approximate surface area is 175 Å². The molecule has 3 N–H and O–H groups in total. The lowest BCUT2D eigenvalue weighted by Crippen LogP contribution is -2.09. The van der Waals surface area contributed by atoms with Crippen LogP contribution in [0.4, 0.5) is 0 Å². The quantitative estimate of drug-likeness (QED) is 0.466. The largest absolute Gasteiger partial charge is 0.321 e. The van der Waals surface area contributed by atoms with E-state index in [1.165, 1.54) is 0 Å². The van der Waals surface area contributed by atoms with Gasteiger partial charge in [-0.2, -0.15) is 5.10 Å². The Morgan fingerprint density at radius 3 is 2.50 bits per heavy atom. The van der Waals surface area contributed by atoms with Gasteiger partial charge in [-0.05, 0) is 40.5 Å². The summed E-state index contributed by atoms with van der Waals surface area (Å²) in [5.41, 5.74) is 10.3. The van der Waals surface area contributed by atoms with E-state index in [9.17, 15) is 0 Å². The number of H-pyrrole nitrogens is 1. The molecule has 154 valence electrons. The highest BCUT2D eigenvalue weighted by molar-refractivity contribution is 5.80. The van der Waals surface area contributed by atoms with Crippen LogP contribution in [-0.4, -0.2) is 35.4 Å². The first-order valence-electron chi connectivity index (χ1n) is 10.3. The highest BCUT2D eigenvalue weighted by Crippen LogP contribution is 2.29. The van der Waals surface area contributed by atoms with Crippen molar-refractivity contribution in [1.29, 1.82) is 0 Å². The summed E-state index contributed by atoms with van der Waals surface area (Å²) in [6.07, 6.45) is 3.12. The second-order valence-electron chi connectivity index (χ2n) is 7.43. The molecule has 0 aliphatic heterocycles. The molecule has 1 atom stereocenters. The van der Waals surface area contributed by atoms with Gasteiger partial charge in [-0.1, -0.05) is 61.9 Å². The number of tetrazole rings is 1. The van der Waals surface area contributed by atoms with Gasteiger partial charge in [0.2, 0.25) is 0 Å². The van der Waals surface area contributed by atoms with Crippen LogP contribution in [0.3, 0.4) is 0 Å². The Kier molecular flexibility index (Phi) is 5.94. The minimum atomic E-state index is -0.170.